The van der Waals surface area contributed by atoms with Gasteiger partial charge in [-0.2, -0.15) is 0 Å². The summed E-state index contributed by atoms with van der Waals surface area (Å²) in [6, 6.07) is 14.0. The summed E-state index contributed by atoms with van der Waals surface area (Å²) in [7, 11) is 1.84. The molecule has 1 aliphatic carbocycles. The van der Waals surface area contributed by atoms with Gasteiger partial charge in [0.1, 0.15) is 0 Å². The highest BCUT2D eigenvalue weighted by Gasteiger charge is 2.45. The van der Waals surface area contributed by atoms with E-state index in [4.69, 9.17) is 0 Å². The second-order valence-electron chi connectivity index (χ2n) is 8.43. The Kier molecular flexibility index (Phi) is 6.02. The molecular formula is C24H30N4O2. The molecule has 0 N–H and O–H groups in total. The highest BCUT2D eigenvalue weighted by atomic mass is 16.2. The maximum atomic E-state index is 13.6. The van der Waals surface area contributed by atoms with E-state index in [0.29, 0.717) is 32.7 Å². The van der Waals surface area contributed by atoms with Crippen LogP contribution in [0.2, 0.25) is 0 Å². The first-order valence-electron chi connectivity index (χ1n) is 10.8. The molecule has 2 aromatic rings. The number of piperazine rings is 1. The Bertz CT molecular complexity index is 857. The highest BCUT2D eigenvalue weighted by molar-refractivity contribution is 5.89. The van der Waals surface area contributed by atoms with Crippen LogP contribution in [-0.4, -0.2) is 64.8 Å². The molecule has 1 saturated carbocycles. The fraction of sp³-hybridized carbons (Fsp3) is 0.458. The van der Waals surface area contributed by atoms with E-state index in [2.05, 4.69) is 4.98 Å². The molecule has 0 bridgehead atoms. The Morgan fingerprint density at radius 1 is 0.967 bits per heavy atom. The largest absolute Gasteiger partial charge is 0.338 e. The molecule has 6 nitrogen and oxygen atoms in total. The van der Waals surface area contributed by atoms with Crippen LogP contribution in [0.5, 0.6) is 0 Å². The third-order valence-electron chi connectivity index (χ3n) is 6.51. The topological polar surface area (TPSA) is 56.8 Å². The number of amides is 3. The Labute approximate surface area is 178 Å². The van der Waals surface area contributed by atoms with Crippen molar-refractivity contribution in [2.75, 3.05) is 33.2 Å². The lowest BCUT2D eigenvalue weighted by atomic mass is 9.78. The number of carbonyl (C=O) groups is 2. The lowest BCUT2D eigenvalue weighted by molar-refractivity contribution is -0.138. The van der Waals surface area contributed by atoms with E-state index in [-0.39, 0.29) is 11.9 Å². The lowest BCUT2D eigenvalue weighted by Crippen LogP contribution is -2.56. The minimum Gasteiger partial charge on any atom is -0.338 e. The van der Waals surface area contributed by atoms with Gasteiger partial charge in [-0.3, -0.25) is 9.78 Å². The number of aromatic nitrogens is 1. The van der Waals surface area contributed by atoms with Crippen molar-refractivity contribution in [3.05, 3.63) is 66.0 Å². The monoisotopic (exact) mass is 406 g/mol. The van der Waals surface area contributed by atoms with Crippen LogP contribution >= 0.6 is 0 Å². The minimum absolute atomic E-state index is 0.0220. The number of benzene rings is 1. The Morgan fingerprint density at radius 3 is 2.27 bits per heavy atom. The van der Waals surface area contributed by atoms with Gasteiger partial charge < -0.3 is 14.7 Å². The van der Waals surface area contributed by atoms with Gasteiger partial charge in [0.15, 0.2) is 0 Å². The van der Waals surface area contributed by atoms with Crippen molar-refractivity contribution >= 4 is 11.9 Å². The van der Waals surface area contributed by atoms with Gasteiger partial charge in [0, 0.05) is 52.2 Å². The molecule has 2 aliphatic rings. The van der Waals surface area contributed by atoms with Gasteiger partial charge in [-0.15, -0.1) is 0 Å². The average molecular weight is 407 g/mol. The van der Waals surface area contributed by atoms with Crippen LogP contribution in [0, 0.1) is 0 Å². The Morgan fingerprint density at radius 2 is 1.63 bits per heavy atom. The number of pyridine rings is 1. The van der Waals surface area contributed by atoms with Crippen molar-refractivity contribution in [2.24, 2.45) is 0 Å². The van der Waals surface area contributed by atoms with Gasteiger partial charge in [0.25, 0.3) is 0 Å². The van der Waals surface area contributed by atoms with Gasteiger partial charge in [0.2, 0.25) is 5.91 Å². The van der Waals surface area contributed by atoms with Crippen molar-refractivity contribution in [3.8, 4) is 0 Å². The summed E-state index contributed by atoms with van der Waals surface area (Å²) in [6.07, 6.45) is 7.52. The molecular weight excluding hydrogens is 376 g/mol. The first-order chi connectivity index (χ1) is 14.6. The van der Waals surface area contributed by atoms with E-state index >= 15 is 0 Å². The standard InChI is InChI=1S/C24H30N4O2/c1-26(19-20-8-3-2-4-9-20)23(30)28-16-14-27(15-17-28)22(29)24(11-5-6-12-24)21-10-7-13-25-18-21/h2-4,7-10,13,18H,5-6,11-12,14-17,19H2,1H3. The van der Waals surface area contributed by atoms with Crippen LogP contribution in [0.25, 0.3) is 0 Å². The summed E-state index contributed by atoms with van der Waals surface area (Å²) in [5.74, 6) is 0.206. The van der Waals surface area contributed by atoms with Crippen LogP contribution in [0.1, 0.15) is 36.8 Å². The van der Waals surface area contributed by atoms with Crippen molar-refractivity contribution < 1.29 is 9.59 Å². The second kappa shape index (κ2) is 8.86. The van der Waals surface area contributed by atoms with Crippen LogP contribution in [-0.2, 0) is 16.8 Å². The SMILES string of the molecule is CN(Cc1ccccc1)C(=O)N1CCN(C(=O)C2(c3cccnc3)CCCC2)CC1. The lowest BCUT2D eigenvalue weighted by Gasteiger charge is -2.40. The van der Waals surface area contributed by atoms with Crippen molar-refractivity contribution in [3.63, 3.8) is 0 Å². The molecule has 4 rings (SSSR count). The van der Waals surface area contributed by atoms with Crippen LogP contribution in [0.4, 0.5) is 4.79 Å². The maximum absolute atomic E-state index is 13.6. The van der Waals surface area contributed by atoms with Crippen LogP contribution in [0.15, 0.2) is 54.9 Å². The zero-order valence-corrected chi connectivity index (χ0v) is 17.7. The second-order valence-corrected chi connectivity index (χ2v) is 8.43. The molecule has 0 spiro atoms. The van der Waals surface area contributed by atoms with E-state index in [9.17, 15) is 9.59 Å². The van der Waals surface area contributed by atoms with E-state index in [1.165, 1.54) is 0 Å². The average Bonchev–Trinajstić information content (AvgIpc) is 3.31. The smallest absolute Gasteiger partial charge is 0.320 e. The molecule has 2 fully saturated rings. The molecule has 1 saturated heterocycles. The minimum atomic E-state index is -0.440. The normalized spacial score (nSPS) is 18.3. The molecule has 1 aromatic heterocycles. The van der Waals surface area contributed by atoms with Gasteiger partial charge in [-0.1, -0.05) is 49.2 Å². The summed E-state index contributed by atoms with van der Waals surface area (Å²) in [5.41, 5.74) is 1.71. The number of nitrogens with zero attached hydrogens (tertiary/aromatic N) is 4. The first-order valence-corrected chi connectivity index (χ1v) is 10.8. The summed E-state index contributed by atoms with van der Waals surface area (Å²) < 4.78 is 0. The Hall–Kier alpha value is -2.89. The van der Waals surface area contributed by atoms with E-state index in [1.54, 1.807) is 11.1 Å². The third-order valence-corrected chi connectivity index (χ3v) is 6.51. The molecule has 1 aromatic carbocycles. The molecule has 2 heterocycles. The number of hydrogen-bond donors (Lipinski definition) is 0. The third kappa shape index (κ3) is 4.04. The molecule has 6 heteroatoms. The fourth-order valence-electron chi connectivity index (χ4n) is 4.82. The van der Waals surface area contributed by atoms with Gasteiger partial charge >= 0.3 is 6.03 Å². The molecule has 158 valence electrons. The quantitative estimate of drug-likeness (QED) is 0.783. The van der Waals surface area contributed by atoms with E-state index in [1.807, 2.05) is 65.5 Å². The number of urea groups is 1. The maximum Gasteiger partial charge on any atom is 0.320 e. The summed E-state index contributed by atoms with van der Waals surface area (Å²) in [4.78, 5) is 36.2. The summed E-state index contributed by atoms with van der Waals surface area (Å²) >= 11 is 0. The number of rotatable bonds is 4. The molecule has 0 radical (unpaired) electrons. The van der Waals surface area contributed by atoms with Gasteiger partial charge in [-0.05, 0) is 30.0 Å². The Balaban J connectivity index is 1.38. The molecule has 0 atom stereocenters. The number of carbonyl (C=O) groups excluding carboxylic acids is 2. The zero-order valence-electron chi connectivity index (χ0n) is 17.7. The molecule has 3 amide bonds. The predicted molar refractivity (Wildman–Crippen MR) is 116 cm³/mol. The predicted octanol–water partition coefficient (Wildman–Crippen LogP) is 3.29. The highest BCUT2D eigenvalue weighted by Crippen LogP contribution is 2.42. The molecule has 30 heavy (non-hydrogen) atoms. The first kappa shape index (κ1) is 20.4. The van der Waals surface area contributed by atoms with E-state index < -0.39 is 5.41 Å². The summed E-state index contributed by atoms with van der Waals surface area (Å²) in [5, 5.41) is 0. The van der Waals surface area contributed by atoms with E-state index in [0.717, 1.165) is 36.8 Å². The van der Waals surface area contributed by atoms with Crippen molar-refractivity contribution in [1.82, 2.24) is 19.7 Å². The van der Waals surface area contributed by atoms with Crippen molar-refractivity contribution in [1.29, 1.82) is 0 Å². The van der Waals surface area contributed by atoms with Gasteiger partial charge in [-0.25, -0.2) is 4.79 Å². The fourth-order valence-corrected chi connectivity index (χ4v) is 4.82. The van der Waals surface area contributed by atoms with Crippen LogP contribution < -0.4 is 0 Å². The molecule has 0 unspecified atom stereocenters. The summed E-state index contributed by atoms with van der Waals surface area (Å²) in [6.45, 7) is 2.92. The zero-order chi connectivity index (χ0) is 21.0. The molecule has 1 aliphatic heterocycles. The van der Waals surface area contributed by atoms with Crippen molar-refractivity contribution in [2.45, 2.75) is 37.6 Å². The van der Waals surface area contributed by atoms with Gasteiger partial charge in [0.05, 0.1) is 5.41 Å². The van der Waals surface area contributed by atoms with Crippen LogP contribution in [0.3, 0.4) is 0 Å². The number of hydrogen-bond acceptors (Lipinski definition) is 3.